The predicted octanol–water partition coefficient (Wildman–Crippen LogP) is 3.13. The second-order valence-electron chi connectivity index (χ2n) is 5.98. The van der Waals surface area contributed by atoms with Gasteiger partial charge in [-0.1, -0.05) is 43.7 Å². The third-order valence-electron chi connectivity index (χ3n) is 3.07. The minimum Gasteiger partial charge on any atom is -0.328 e. The van der Waals surface area contributed by atoms with Gasteiger partial charge in [-0.3, -0.25) is 4.79 Å². The van der Waals surface area contributed by atoms with Crippen molar-refractivity contribution in [3.63, 3.8) is 0 Å². The first kappa shape index (κ1) is 15.0. The number of alkyl halides is 1. The summed E-state index contributed by atoms with van der Waals surface area (Å²) in [7, 11) is 0. The molecular weight excluding hydrogens is 305 g/mol. The molecule has 7 heteroatoms. The summed E-state index contributed by atoms with van der Waals surface area (Å²) in [6, 6.07) is 0.00766. The lowest BCUT2D eigenvalue weighted by molar-refractivity contribution is -0.121. The third kappa shape index (κ3) is 3.05. The molecule has 0 bridgehead atoms. The summed E-state index contributed by atoms with van der Waals surface area (Å²) in [5, 5.41) is 3.65. The van der Waals surface area contributed by atoms with Gasteiger partial charge < -0.3 is 11.1 Å². The number of nitrogens with two attached hydrogens (primary N) is 1. The van der Waals surface area contributed by atoms with Crippen LogP contribution in [0.4, 0.5) is 5.13 Å². The largest absolute Gasteiger partial charge is 0.328 e. The van der Waals surface area contributed by atoms with Crippen molar-refractivity contribution in [2.45, 2.75) is 49.9 Å². The van der Waals surface area contributed by atoms with Crippen LogP contribution in [0.3, 0.4) is 0 Å². The Morgan fingerprint density at radius 3 is 2.53 bits per heavy atom. The number of carbonyl (C=O) groups excluding carboxylic acids is 1. The van der Waals surface area contributed by atoms with E-state index in [0.717, 1.165) is 4.88 Å². The molecule has 2 rings (SSSR count). The van der Waals surface area contributed by atoms with Gasteiger partial charge in [0.15, 0.2) is 5.13 Å². The average molecular weight is 322 g/mol. The van der Waals surface area contributed by atoms with Crippen LogP contribution >= 0.6 is 34.5 Å². The van der Waals surface area contributed by atoms with E-state index in [2.05, 4.69) is 10.3 Å². The van der Waals surface area contributed by atoms with E-state index in [1.165, 1.54) is 11.3 Å². The number of halogens is 2. The molecule has 1 fully saturated rings. The molecule has 0 radical (unpaired) electrons. The second-order valence-corrected chi connectivity index (χ2v) is 8.06. The molecule has 0 spiro atoms. The van der Waals surface area contributed by atoms with Gasteiger partial charge in [-0.2, -0.15) is 0 Å². The highest BCUT2D eigenvalue weighted by Gasteiger charge is 2.47. The molecule has 1 aliphatic carbocycles. The lowest BCUT2D eigenvalue weighted by Crippen LogP contribution is -2.54. The van der Waals surface area contributed by atoms with Gasteiger partial charge in [0.1, 0.15) is 10.0 Å². The number of nitrogens with one attached hydrogen (secondary N) is 1. The summed E-state index contributed by atoms with van der Waals surface area (Å²) in [6.45, 7) is 6.14. The van der Waals surface area contributed by atoms with E-state index in [0.29, 0.717) is 23.1 Å². The van der Waals surface area contributed by atoms with Gasteiger partial charge >= 0.3 is 0 Å². The maximum absolute atomic E-state index is 12.1. The smallest absolute Gasteiger partial charge is 0.247 e. The molecule has 1 amide bonds. The number of hydrogen-bond acceptors (Lipinski definition) is 4. The van der Waals surface area contributed by atoms with Crippen molar-refractivity contribution in [2.24, 2.45) is 5.73 Å². The van der Waals surface area contributed by atoms with Crippen LogP contribution < -0.4 is 11.1 Å². The number of aromatic nitrogens is 1. The highest BCUT2D eigenvalue weighted by molar-refractivity contribution is 7.16. The van der Waals surface area contributed by atoms with Gasteiger partial charge in [0.2, 0.25) is 5.91 Å². The molecule has 4 nitrogen and oxygen atoms in total. The van der Waals surface area contributed by atoms with Crippen molar-refractivity contribution < 1.29 is 4.79 Å². The Bertz CT molecular complexity index is 504. The minimum atomic E-state index is -0.889. The van der Waals surface area contributed by atoms with Crippen molar-refractivity contribution in [1.29, 1.82) is 0 Å². The SMILES string of the molecule is CC(C)(C)c1sc(NC(=O)C2(Cl)CC(N)C2)nc1Cl. The van der Waals surface area contributed by atoms with Crippen LogP contribution in [-0.2, 0) is 10.2 Å². The van der Waals surface area contributed by atoms with Gasteiger partial charge in [0.25, 0.3) is 0 Å². The quantitative estimate of drug-likeness (QED) is 0.822. The molecule has 1 saturated carbocycles. The molecule has 1 heterocycles. The summed E-state index contributed by atoms with van der Waals surface area (Å²) >= 11 is 13.7. The highest BCUT2D eigenvalue weighted by Crippen LogP contribution is 2.40. The number of nitrogens with zero attached hydrogens (tertiary/aromatic N) is 1. The first-order valence-corrected chi connectivity index (χ1v) is 7.62. The number of hydrogen-bond donors (Lipinski definition) is 2. The summed E-state index contributed by atoms with van der Waals surface area (Å²) < 4.78 is 0. The first-order chi connectivity index (χ1) is 8.62. The van der Waals surface area contributed by atoms with E-state index < -0.39 is 4.87 Å². The molecule has 1 aliphatic rings. The number of anilines is 1. The standard InChI is InChI=1S/C12H17Cl2N3OS/c1-11(2,3)7-8(13)16-10(19-7)17-9(18)12(14)4-6(15)5-12/h6H,4-5,15H2,1-3H3,(H,16,17,18). The number of thiazole rings is 1. The molecular formula is C12H17Cl2N3OS. The van der Waals surface area contributed by atoms with Crippen molar-refractivity contribution in [2.75, 3.05) is 5.32 Å². The summed E-state index contributed by atoms with van der Waals surface area (Å²) in [6.07, 6.45) is 0.983. The molecule has 0 unspecified atom stereocenters. The van der Waals surface area contributed by atoms with E-state index in [9.17, 15) is 4.79 Å². The van der Waals surface area contributed by atoms with E-state index in [1.807, 2.05) is 20.8 Å². The third-order valence-corrected chi connectivity index (χ3v) is 5.33. The Balaban J connectivity index is 2.10. The van der Waals surface area contributed by atoms with Crippen LogP contribution in [0.25, 0.3) is 0 Å². The van der Waals surface area contributed by atoms with Crippen LogP contribution in [0.15, 0.2) is 0 Å². The maximum atomic E-state index is 12.1. The fourth-order valence-electron chi connectivity index (χ4n) is 1.98. The molecule has 1 aromatic rings. The van der Waals surface area contributed by atoms with Gasteiger partial charge in [-0.05, 0) is 18.3 Å². The van der Waals surface area contributed by atoms with Gasteiger partial charge in [-0.15, -0.1) is 11.6 Å². The van der Waals surface area contributed by atoms with Crippen molar-refractivity contribution >= 4 is 45.6 Å². The molecule has 0 aromatic carbocycles. The molecule has 19 heavy (non-hydrogen) atoms. The summed E-state index contributed by atoms with van der Waals surface area (Å²) in [5.41, 5.74) is 5.57. The lowest BCUT2D eigenvalue weighted by Gasteiger charge is -2.39. The first-order valence-electron chi connectivity index (χ1n) is 6.04. The molecule has 0 saturated heterocycles. The average Bonchev–Trinajstić information content (AvgIpc) is 2.56. The maximum Gasteiger partial charge on any atom is 0.247 e. The zero-order valence-corrected chi connectivity index (χ0v) is 13.4. The molecule has 1 aromatic heterocycles. The van der Waals surface area contributed by atoms with E-state index in [-0.39, 0.29) is 17.4 Å². The van der Waals surface area contributed by atoms with Crippen molar-refractivity contribution in [3.05, 3.63) is 10.0 Å². The van der Waals surface area contributed by atoms with Crippen molar-refractivity contribution in [3.8, 4) is 0 Å². The van der Waals surface area contributed by atoms with Crippen molar-refractivity contribution in [1.82, 2.24) is 4.98 Å². The van der Waals surface area contributed by atoms with Crippen LogP contribution in [0, 0.1) is 0 Å². The van der Waals surface area contributed by atoms with Crippen LogP contribution in [0.1, 0.15) is 38.5 Å². The Kier molecular flexibility index (Phi) is 3.86. The number of amides is 1. The van der Waals surface area contributed by atoms with Gasteiger partial charge in [0, 0.05) is 6.04 Å². The zero-order valence-electron chi connectivity index (χ0n) is 11.1. The minimum absolute atomic E-state index is 0.00766. The second kappa shape index (κ2) is 4.88. The van der Waals surface area contributed by atoms with Gasteiger partial charge in [0.05, 0.1) is 4.88 Å². The molecule has 0 atom stereocenters. The Morgan fingerprint density at radius 1 is 1.53 bits per heavy atom. The number of rotatable bonds is 2. The normalized spacial score (nSPS) is 26.9. The van der Waals surface area contributed by atoms with E-state index >= 15 is 0 Å². The topological polar surface area (TPSA) is 68.0 Å². The highest BCUT2D eigenvalue weighted by atomic mass is 35.5. The molecule has 0 aliphatic heterocycles. The molecule has 3 N–H and O–H groups in total. The Morgan fingerprint density at radius 2 is 2.11 bits per heavy atom. The Hall–Kier alpha value is -0.360. The Labute approximate surface area is 126 Å². The number of carbonyl (C=O) groups is 1. The van der Waals surface area contributed by atoms with Crippen LogP contribution in [-0.4, -0.2) is 21.8 Å². The summed E-state index contributed by atoms with van der Waals surface area (Å²) in [4.78, 5) is 16.3. The molecule has 106 valence electrons. The predicted molar refractivity (Wildman–Crippen MR) is 80.2 cm³/mol. The van der Waals surface area contributed by atoms with Crippen LogP contribution in [0.2, 0.25) is 5.15 Å². The monoisotopic (exact) mass is 321 g/mol. The summed E-state index contributed by atoms with van der Waals surface area (Å²) in [5.74, 6) is -0.248. The fraction of sp³-hybridized carbons (Fsp3) is 0.667. The van der Waals surface area contributed by atoms with Gasteiger partial charge in [-0.25, -0.2) is 4.98 Å². The van der Waals surface area contributed by atoms with E-state index in [4.69, 9.17) is 28.9 Å². The zero-order chi connectivity index (χ0) is 14.4. The fourth-order valence-corrected chi connectivity index (χ4v) is 3.87. The lowest BCUT2D eigenvalue weighted by atomic mass is 9.79. The van der Waals surface area contributed by atoms with E-state index in [1.54, 1.807) is 0 Å². The van der Waals surface area contributed by atoms with Crippen LogP contribution in [0.5, 0.6) is 0 Å².